The lowest BCUT2D eigenvalue weighted by atomic mass is 10.1. The molecule has 1 aliphatic heterocycles. The van der Waals surface area contributed by atoms with E-state index in [1.165, 1.54) is 57.5 Å². The smallest absolute Gasteiger partial charge is 0.387 e. The van der Waals surface area contributed by atoms with E-state index in [1.807, 2.05) is 0 Å². The summed E-state index contributed by atoms with van der Waals surface area (Å²) in [5, 5.41) is 20.4. The van der Waals surface area contributed by atoms with Gasteiger partial charge in [-0.15, -0.1) is 0 Å². The summed E-state index contributed by atoms with van der Waals surface area (Å²) in [7, 11) is -9.65. The van der Waals surface area contributed by atoms with Crippen molar-refractivity contribution in [3.8, 4) is 0 Å². The van der Waals surface area contributed by atoms with Crippen LogP contribution in [0.3, 0.4) is 0 Å². The Morgan fingerprint density at radius 1 is 0.922 bits per heavy atom. The van der Waals surface area contributed by atoms with E-state index in [2.05, 4.69) is 66.3 Å². The van der Waals surface area contributed by atoms with Crippen LogP contribution >= 0.6 is 15.2 Å². The van der Waals surface area contributed by atoms with Crippen molar-refractivity contribution in [2.75, 3.05) is 57.3 Å². The number of hydrogen-bond acceptors (Lipinski definition) is 12. The quantitative estimate of drug-likeness (QED) is 0.106. The first-order chi connectivity index (χ1) is 23.7. The third kappa shape index (κ3) is 17.0. The Morgan fingerprint density at radius 3 is 1.92 bits per heavy atom. The van der Waals surface area contributed by atoms with Gasteiger partial charge in [-0.3, -0.25) is 18.5 Å². The van der Waals surface area contributed by atoms with E-state index in [9.17, 15) is 42.2 Å². The molecule has 21 heteroatoms. The summed E-state index contributed by atoms with van der Waals surface area (Å²) in [5.41, 5.74) is 0.620. The van der Waals surface area contributed by atoms with Crippen LogP contribution in [0, 0.1) is 0 Å². The second-order valence-electron chi connectivity index (χ2n) is 11.1. The maximum Gasteiger partial charge on any atom is 0.416 e. The number of rotatable bonds is 16. The third-order valence-electron chi connectivity index (χ3n) is 7.60. The van der Waals surface area contributed by atoms with Crippen LogP contribution in [0.2, 0.25) is 0 Å². The van der Waals surface area contributed by atoms with Gasteiger partial charge in [0.05, 0.1) is 18.8 Å². The van der Waals surface area contributed by atoms with Crippen molar-refractivity contribution >= 4 is 21.0 Å². The Morgan fingerprint density at radius 2 is 1.47 bits per heavy atom. The third-order valence-corrected chi connectivity index (χ3v) is 11.1. The molecule has 294 valence electrons. The molecule has 0 aliphatic carbocycles. The number of alkyl halides is 3. The zero-order chi connectivity index (χ0) is 39.0. The molecule has 0 radical (unpaired) electrons. The zero-order valence-corrected chi connectivity index (χ0v) is 31.4. The standard InChI is InChI=1S/C18H22F3N3O11P2.2C6H15N/c19-18(20,21)11-3-1-2-10(6-11)7-33-23-13-4-5-24(17(27)22-13)16-15(26)14(25)12(35-16)8-34-37(31,32)9-36(28,29)30;2*1-4-7(5-2)6-3/h1-6,12,14-16,25-26H,7-9H2,(H,31,32)(H,22,23,27)(H2,28,29,30);2*4-6H2,1-3H3/t12-,14-,15-,16-;;/m1../s1. The minimum absolute atomic E-state index is 0.139. The number of anilines is 1. The van der Waals surface area contributed by atoms with Gasteiger partial charge in [0, 0.05) is 6.20 Å². The van der Waals surface area contributed by atoms with Gasteiger partial charge >= 0.3 is 27.1 Å². The van der Waals surface area contributed by atoms with Gasteiger partial charge in [0.2, 0.25) is 0 Å². The van der Waals surface area contributed by atoms with Gasteiger partial charge in [-0.05, 0) is 63.0 Å². The summed E-state index contributed by atoms with van der Waals surface area (Å²) < 4.78 is 71.7. The average molecular weight is 778 g/mol. The second-order valence-corrected chi connectivity index (χ2v) is 15.1. The minimum Gasteiger partial charge on any atom is -0.387 e. The fourth-order valence-corrected chi connectivity index (χ4v) is 7.16. The number of benzene rings is 1. The van der Waals surface area contributed by atoms with Crippen LogP contribution in [0.1, 0.15) is 58.9 Å². The van der Waals surface area contributed by atoms with Gasteiger partial charge in [-0.25, -0.2) is 10.3 Å². The molecule has 0 bridgehead atoms. The summed E-state index contributed by atoms with van der Waals surface area (Å²) in [5.74, 6) is -1.61. The molecule has 6 N–H and O–H groups in total. The van der Waals surface area contributed by atoms with Crippen molar-refractivity contribution in [2.24, 2.45) is 0 Å². The molecule has 1 fully saturated rings. The molecule has 51 heavy (non-hydrogen) atoms. The summed E-state index contributed by atoms with van der Waals surface area (Å²) in [6, 6.07) is 5.59. The molecular formula is C30H52F3N5O11P2. The van der Waals surface area contributed by atoms with Crippen molar-refractivity contribution in [1.29, 1.82) is 0 Å². The molecule has 1 aromatic carbocycles. The predicted octanol–water partition coefficient (Wildman–Crippen LogP) is 3.46. The zero-order valence-electron chi connectivity index (χ0n) is 29.6. The molecule has 0 saturated carbocycles. The topological polar surface area (TPSA) is 216 Å². The second kappa shape index (κ2) is 22.1. The first-order valence-electron chi connectivity index (χ1n) is 16.4. The number of aromatic nitrogens is 2. The Bertz CT molecular complexity index is 1440. The number of aliphatic hydroxyl groups is 2. The van der Waals surface area contributed by atoms with E-state index in [0.29, 0.717) is 0 Å². The van der Waals surface area contributed by atoms with Crippen LogP contribution < -0.4 is 11.2 Å². The number of nitrogens with zero attached hydrogens (tertiary/aromatic N) is 4. The van der Waals surface area contributed by atoms with Gasteiger partial charge in [-0.1, -0.05) is 53.7 Å². The first kappa shape index (κ1) is 46.8. The SMILES string of the molecule is CCN(CC)CC.CCN(CC)CC.O=c1nc(NOCc2cccc(C(F)(F)F)c2)ccn1[C@@H]1O[C@H](COP(=O)(O)CP(=O)(O)O)[C@@H](O)[C@H]1O. The molecule has 1 saturated heterocycles. The molecular weight excluding hydrogens is 725 g/mol. The van der Waals surface area contributed by atoms with Gasteiger partial charge in [0.1, 0.15) is 18.3 Å². The fraction of sp³-hybridized carbons (Fsp3) is 0.667. The Kier molecular flexibility index (Phi) is 20.2. The first-order valence-corrected chi connectivity index (χ1v) is 19.9. The van der Waals surface area contributed by atoms with Crippen LogP contribution in [0.5, 0.6) is 0 Å². The molecule has 1 unspecified atom stereocenters. The molecule has 1 aromatic heterocycles. The van der Waals surface area contributed by atoms with E-state index in [0.717, 1.165) is 22.9 Å². The van der Waals surface area contributed by atoms with Crippen LogP contribution in [0.25, 0.3) is 0 Å². The maximum atomic E-state index is 12.8. The highest BCUT2D eigenvalue weighted by molar-refractivity contribution is 7.70. The monoisotopic (exact) mass is 777 g/mol. The molecule has 1 aliphatic rings. The maximum absolute atomic E-state index is 12.8. The van der Waals surface area contributed by atoms with Gasteiger partial charge < -0.3 is 44.0 Å². The number of hydrogen-bond donors (Lipinski definition) is 6. The van der Waals surface area contributed by atoms with E-state index >= 15 is 0 Å². The summed E-state index contributed by atoms with van der Waals surface area (Å²) in [4.78, 5) is 53.0. The summed E-state index contributed by atoms with van der Waals surface area (Å²) >= 11 is 0. The number of halogens is 3. The van der Waals surface area contributed by atoms with Crippen molar-refractivity contribution < 1.29 is 61.3 Å². The molecule has 3 rings (SSSR count). The van der Waals surface area contributed by atoms with Crippen LogP contribution in [-0.2, 0) is 36.0 Å². The number of aliphatic hydroxyl groups excluding tert-OH is 2. The Balaban J connectivity index is 0.000000780. The van der Waals surface area contributed by atoms with Gasteiger partial charge in [-0.2, -0.15) is 18.2 Å². The van der Waals surface area contributed by atoms with Crippen molar-refractivity contribution in [3.05, 3.63) is 58.1 Å². The molecule has 16 nitrogen and oxygen atoms in total. The lowest BCUT2D eigenvalue weighted by molar-refractivity contribution is -0.137. The van der Waals surface area contributed by atoms with Crippen molar-refractivity contribution in [3.63, 3.8) is 0 Å². The van der Waals surface area contributed by atoms with Crippen molar-refractivity contribution in [2.45, 2.75) is 78.9 Å². The molecule has 2 heterocycles. The number of nitrogens with one attached hydrogen (secondary N) is 1. The van der Waals surface area contributed by atoms with E-state index in [1.54, 1.807) is 0 Å². The minimum atomic E-state index is -4.89. The lowest BCUT2D eigenvalue weighted by Crippen LogP contribution is -2.36. The Hall–Kier alpha value is -2.25. The lowest BCUT2D eigenvalue weighted by Gasteiger charge is -2.18. The molecule has 5 atom stereocenters. The molecule has 2 aromatic rings. The summed E-state index contributed by atoms with van der Waals surface area (Å²) in [6.07, 6.45) is -9.81. The van der Waals surface area contributed by atoms with E-state index in [-0.39, 0.29) is 18.0 Å². The van der Waals surface area contributed by atoms with Crippen LogP contribution in [-0.4, -0.2) is 114 Å². The normalized spacial score (nSPS) is 20.3. The highest BCUT2D eigenvalue weighted by atomic mass is 31.2. The van der Waals surface area contributed by atoms with Crippen LogP contribution in [0.15, 0.2) is 41.3 Å². The highest BCUT2D eigenvalue weighted by Gasteiger charge is 2.45. The van der Waals surface area contributed by atoms with Gasteiger partial charge in [0.15, 0.2) is 17.9 Å². The van der Waals surface area contributed by atoms with Crippen molar-refractivity contribution in [1.82, 2.24) is 19.4 Å². The highest BCUT2D eigenvalue weighted by Crippen LogP contribution is 2.55. The van der Waals surface area contributed by atoms with E-state index in [4.69, 9.17) is 19.4 Å². The number of ether oxygens (including phenoxy) is 1. The van der Waals surface area contributed by atoms with E-state index < -0.39 is 69.7 Å². The van der Waals surface area contributed by atoms with Crippen LogP contribution in [0.4, 0.5) is 19.0 Å². The summed E-state index contributed by atoms with van der Waals surface area (Å²) in [6.45, 7) is 19.1. The largest absolute Gasteiger partial charge is 0.416 e. The van der Waals surface area contributed by atoms with Gasteiger partial charge in [0.25, 0.3) is 0 Å². The Labute approximate surface area is 295 Å². The predicted molar refractivity (Wildman–Crippen MR) is 184 cm³/mol. The fourth-order valence-electron chi connectivity index (χ4n) is 4.60. The molecule has 0 amide bonds. The molecule has 0 spiro atoms. The average Bonchev–Trinajstić information content (AvgIpc) is 3.33.